The molecular formula is C36H52N4O6. The molecule has 1 aromatic rings. The van der Waals surface area contributed by atoms with Crippen LogP contribution >= 0.6 is 0 Å². The highest BCUT2D eigenvalue weighted by Gasteiger charge is 2.79. The van der Waals surface area contributed by atoms with Gasteiger partial charge in [-0.1, -0.05) is 63.3 Å². The number of morpholine rings is 1. The van der Waals surface area contributed by atoms with Crippen LogP contribution in [0.15, 0.2) is 55.6 Å². The third kappa shape index (κ3) is 6.05. The quantitative estimate of drug-likeness (QED) is 0.296. The summed E-state index contributed by atoms with van der Waals surface area (Å²) in [6, 6.07) is 8.23. The summed E-state index contributed by atoms with van der Waals surface area (Å²) in [7, 11) is 0. The van der Waals surface area contributed by atoms with Crippen LogP contribution in [-0.2, 0) is 30.4 Å². The lowest BCUT2D eigenvalue weighted by Crippen LogP contribution is -2.60. The molecule has 46 heavy (non-hydrogen) atoms. The Balaban J connectivity index is 1.54. The number of nitrogens with zero attached hydrogens (tertiary/aromatic N) is 4. The van der Waals surface area contributed by atoms with E-state index in [0.717, 1.165) is 18.7 Å². The normalized spacial score (nSPS) is 29.5. The monoisotopic (exact) mass is 636 g/mol. The first-order valence-electron chi connectivity index (χ1n) is 16.9. The summed E-state index contributed by atoms with van der Waals surface area (Å²) in [6.45, 7) is 18.5. The topological polar surface area (TPSA) is 103 Å². The average molecular weight is 637 g/mol. The second kappa shape index (κ2) is 14.4. The molecule has 3 amide bonds. The van der Waals surface area contributed by atoms with Gasteiger partial charge in [-0.15, -0.1) is 13.2 Å². The average Bonchev–Trinajstić information content (AvgIpc) is 3.67. The molecule has 0 aromatic heterocycles. The van der Waals surface area contributed by atoms with Crippen LogP contribution in [0.3, 0.4) is 0 Å². The smallest absolute Gasteiger partial charge is 0.248 e. The lowest BCUT2D eigenvalue weighted by molar-refractivity contribution is -0.159. The molecule has 6 atom stereocenters. The highest BCUT2D eigenvalue weighted by molar-refractivity contribution is 5.99. The molecular weight excluding hydrogens is 584 g/mol. The van der Waals surface area contributed by atoms with Crippen molar-refractivity contribution in [1.29, 1.82) is 0 Å². The van der Waals surface area contributed by atoms with Crippen LogP contribution in [0.4, 0.5) is 0 Å². The van der Waals surface area contributed by atoms with E-state index in [1.165, 1.54) is 0 Å². The van der Waals surface area contributed by atoms with Gasteiger partial charge in [-0.3, -0.25) is 19.3 Å². The summed E-state index contributed by atoms with van der Waals surface area (Å²) in [5.41, 5.74) is -1.05. The number of rotatable bonds is 15. The van der Waals surface area contributed by atoms with Gasteiger partial charge in [0.25, 0.3) is 0 Å². The minimum atomic E-state index is -1.17. The fourth-order valence-electron chi connectivity index (χ4n) is 8.38. The molecule has 4 saturated heterocycles. The number of carbonyl (C=O) groups excluding carboxylic acids is 3. The van der Waals surface area contributed by atoms with E-state index >= 15 is 0 Å². The van der Waals surface area contributed by atoms with Crippen molar-refractivity contribution in [1.82, 2.24) is 19.6 Å². The van der Waals surface area contributed by atoms with Crippen molar-refractivity contribution in [2.45, 2.75) is 69.9 Å². The molecule has 10 heteroatoms. The minimum absolute atomic E-state index is 0.123. The van der Waals surface area contributed by atoms with Gasteiger partial charge in [-0.25, -0.2) is 0 Å². The maximum atomic E-state index is 14.8. The van der Waals surface area contributed by atoms with Gasteiger partial charge >= 0.3 is 0 Å². The van der Waals surface area contributed by atoms with E-state index in [1.807, 2.05) is 51.1 Å². The first-order valence-corrected chi connectivity index (χ1v) is 16.9. The van der Waals surface area contributed by atoms with Crippen LogP contribution in [0.5, 0.6) is 0 Å². The third-order valence-electron chi connectivity index (χ3n) is 10.8. The van der Waals surface area contributed by atoms with Crippen LogP contribution < -0.4 is 0 Å². The van der Waals surface area contributed by atoms with Crippen LogP contribution in [-0.4, -0.2) is 125 Å². The van der Waals surface area contributed by atoms with Crippen LogP contribution in [0.2, 0.25) is 0 Å². The molecule has 1 aromatic carbocycles. The first kappa shape index (κ1) is 34.3. The molecule has 2 unspecified atom stereocenters. The van der Waals surface area contributed by atoms with Crippen LogP contribution in [0.1, 0.15) is 45.6 Å². The predicted molar refractivity (Wildman–Crippen MR) is 175 cm³/mol. The Labute approximate surface area is 274 Å². The molecule has 5 rings (SSSR count). The van der Waals surface area contributed by atoms with Gasteiger partial charge in [0.2, 0.25) is 17.7 Å². The van der Waals surface area contributed by atoms with E-state index in [9.17, 15) is 19.5 Å². The fraction of sp³-hybridized carbons (Fsp3) is 0.639. The summed E-state index contributed by atoms with van der Waals surface area (Å²) in [5, 5.41) is 10.6. The lowest BCUT2D eigenvalue weighted by Gasteiger charge is -2.41. The fourth-order valence-corrected chi connectivity index (χ4v) is 8.38. The van der Waals surface area contributed by atoms with Gasteiger partial charge in [-0.2, -0.15) is 0 Å². The Kier molecular flexibility index (Phi) is 10.7. The maximum Gasteiger partial charge on any atom is 0.248 e. The molecule has 4 heterocycles. The molecule has 1 spiro atoms. The van der Waals surface area contributed by atoms with E-state index < -0.39 is 35.1 Å². The molecule has 2 bridgehead atoms. The largest absolute Gasteiger partial charge is 0.394 e. The predicted octanol–water partition coefficient (Wildman–Crippen LogP) is 2.72. The van der Waals surface area contributed by atoms with Gasteiger partial charge in [0, 0.05) is 45.8 Å². The maximum absolute atomic E-state index is 14.8. The van der Waals surface area contributed by atoms with E-state index in [1.54, 1.807) is 26.9 Å². The highest BCUT2D eigenvalue weighted by Crippen LogP contribution is 2.65. The van der Waals surface area contributed by atoms with Gasteiger partial charge in [0.05, 0.1) is 43.3 Å². The van der Waals surface area contributed by atoms with Crippen molar-refractivity contribution in [2.75, 3.05) is 59.1 Å². The van der Waals surface area contributed by atoms with E-state index in [4.69, 9.17) is 9.47 Å². The van der Waals surface area contributed by atoms with Crippen molar-refractivity contribution in [2.24, 2.45) is 17.8 Å². The highest BCUT2D eigenvalue weighted by atomic mass is 16.5. The number of benzene rings is 1. The standard InChI is InChI=1S/C36H52N4O6/c1-6-16-38(19-18-37-20-22-45-23-21-37)34(44)31-36-15-14-35(8-3,46-36)29(30(36)33(43)40(31)28(25-41)26(4)5)32(42)39(17-7-2)24-27-12-10-9-11-13-27/h6-7,9-13,26,28-31,41H,1-2,8,14-25H2,3-5H3/t28-,29-,30-,31?,35+,36?/m0/s1. The zero-order valence-corrected chi connectivity index (χ0v) is 27.8. The summed E-state index contributed by atoms with van der Waals surface area (Å²) in [6.07, 6.45) is 5.04. The van der Waals surface area contributed by atoms with Crippen molar-refractivity contribution in [3.8, 4) is 0 Å². The van der Waals surface area contributed by atoms with E-state index in [0.29, 0.717) is 65.2 Å². The van der Waals surface area contributed by atoms with E-state index in [2.05, 4.69) is 18.1 Å². The molecule has 4 fully saturated rings. The number of fused-ring (bicyclic) bond motifs is 1. The summed E-state index contributed by atoms with van der Waals surface area (Å²) in [4.78, 5) is 51.8. The van der Waals surface area contributed by atoms with Gasteiger partial charge in [0.1, 0.15) is 11.6 Å². The number of ether oxygens (including phenoxy) is 2. The Morgan fingerprint density at radius 3 is 2.35 bits per heavy atom. The number of hydrogen-bond acceptors (Lipinski definition) is 7. The second-order valence-corrected chi connectivity index (χ2v) is 13.6. The van der Waals surface area contributed by atoms with Crippen molar-refractivity contribution in [3.05, 3.63) is 61.2 Å². The van der Waals surface area contributed by atoms with Gasteiger partial charge in [0.15, 0.2) is 0 Å². The van der Waals surface area contributed by atoms with E-state index in [-0.39, 0.29) is 30.2 Å². The molecule has 0 aliphatic carbocycles. The molecule has 10 nitrogen and oxygen atoms in total. The second-order valence-electron chi connectivity index (χ2n) is 13.6. The summed E-state index contributed by atoms with van der Waals surface area (Å²) < 4.78 is 12.6. The zero-order chi connectivity index (χ0) is 33.1. The first-order chi connectivity index (χ1) is 22.2. The summed E-state index contributed by atoms with van der Waals surface area (Å²) in [5.74, 6) is -2.35. The SMILES string of the molecule is C=CCN(CCN1CCOCC1)C(=O)C1N([C@@H](CO)C(C)C)C(=O)[C@@H]2[C@@H](C(=O)N(CC=C)Cc3ccccc3)[C@@]3(CC)CCC12O3. The number of likely N-dealkylation sites (tertiary alicyclic amines) is 1. The molecule has 4 aliphatic heterocycles. The Morgan fingerprint density at radius 2 is 1.74 bits per heavy atom. The number of aliphatic hydroxyl groups excluding tert-OH is 1. The molecule has 0 saturated carbocycles. The number of amides is 3. The zero-order valence-electron chi connectivity index (χ0n) is 27.8. The van der Waals surface area contributed by atoms with Gasteiger partial charge < -0.3 is 29.3 Å². The van der Waals surface area contributed by atoms with Crippen LogP contribution in [0, 0.1) is 17.8 Å². The Bertz CT molecular complexity index is 1270. The summed E-state index contributed by atoms with van der Waals surface area (Å²) >= 11 is 0. The Hall–Kier alpha value is -3.05. The molecule has 1 N–H and O–H groups in total. The van der Waals surface area contributed by atoms with Gasteiger partial charge in [-0.05, 0) is 30.7 Å². The number of hydrogen-bond donors (Lipinski definition) is 1. The Morgan fingerprint density at radius 1 is 1.07 bits per heavy atom. The van der Waals surface area contributed by atoms with Crippen molar-refractivity contribution in [3.63, 3.8) is 0 Å². The van der Waals surface area contributed by atoms with Crippen molar-refractivity contribution >= 4 is 17.7 Å². The van der Waals surface area contributed by atoms with Crippen LogP contribution in [0.25, 0.3) is 0 Å². The molecule has 0 radical (unpaired) electrons. The minimum Gasteiger partial charge on any atom is -0.394 e. The molecule has 4 aliphatic rings. The molecule has 252 valence electrons. The lowest BCUT2D eigenvalue weighted by atomic mass is 9.64. The number of carbonyl (C=O) groups is 3. The number of aliphatic hydroxyl groups is 1. The third-order valence-corrected chi connectivity index (χ3v) is 10.8. The van der Waals surface area contributed by atoms with Crippen molar-refractivity contribution < 1.29 is 29.0 Å².